The van der Waals surface area contributed by atoms with Crippen LogP contribution in [0, 0.1) is 0 Å². The summed E-state index contributed by atoms with van der Waals surface area (Å²) in [5, 5.41) is 4.38. The number of halogens is 1. The van der Waals surface area contributed by atoms with Gasteiger partial charge in [-0.2, -0.15) is 0 Å². The summed E-state index contributed by atoms with van der Waals surface area (Å²) in [6.45, 7) is 7.66. The molecule has 0 spiro atoms. The first-order valence-corrected chi connectivity index (χ1v) is 7.14. The summed E-state index contributed by atoms with van der Waals surface area (Å²) in [6.07, 6.45) is 5.92. The van der Waals surface area contributed by atoms with E-state index in [1.165, 1.54) is 18.4 Å². The third-order valence-corrected chi connectivity index (χ3v) is 4.14. The Labute approximate surface area is 115 Å². The summed E-state index contributed by atoms with van der Waals surface area (Å²) < 4.78 is 0. The number of nitrogens with zero attached hydrogens (tertiary/aromatic N) is 2. The lowest BCUT2D eigenvalue weighted by Gasteiger charge is -2.29. The van der Waals surface area contributed by atoms with Gasteiger partial charge in [0.2, 0.25) is 0 Å². The first kappa shape index (κ1) is 13.8. The Morgan fingerprint density at radius 1 is 1.56 bits per heavy atom. The Morgan fingerprint density at radius 3 is 3.11 bits per heavy atom. The van der Waals surface area contributed by atoms with Crippen molar-refractivity contribution >= 4 is 11.6 Å². The fourth-order valence-corrected chi connectivity index (χ4v) is 2.63. The van der Waals surface area contributed by atoms with Gasteiger partial charge in [-0.25, -0.2) is 0 Å². The summed E-state index contributed by atoms with van der Waals surface area (Å²) in [7, 11) is 0. The number of pyridine rings is 1. The van der Waals surface area contributed by atoms with Gasteiger partial charge in [-0.3, -0.25) is 9.88 Å². The standard InChI is InChI=1S/C14H22ClN3/c1-3-13-10-18(11(2)4-7-17-13)9-12-5-6-16-8-14(12)15/h5-6,8,11,13,17H,3-4,7,9-10H2,1-2H3. The van der Waals surface area contributed by atoms with Gasteiger partial charge in [-0.05, 0) is 37.9 Å². The fraction of sp³-hybridized carbons (Fsp3) is 0.643. The molecule has 1 N–H and O–H groups in total. The highest BCUT2D eigenvalue weighted by atomic mass is 35.5. The zero-order chi connectivity index (χ0) is 13.0. The predicted molar refractivity (Wildman–Crippen MR) is 75.8 cm³/mol. The molecule has 2 heterocycles. The monoisotopic (exact) mass is 267 g/mol. The normalized spacial score (nSPS) is 25.9. The van der Waals surface area contributed by atoms with Crippen LogP contribution in [0.2, 0.25) is 5.02 Å². The maximum Gasteiger partial charge on any atom is 0.0634 e. The quantitative estimate of drug-likeness (QED) is 0.913. The van der Waals surface area contributed by atoms with Crippen LogP contribution in [-0.4, -0.2) is 35.1 Å². The molecule has 2 unspecified atom stereocenters. The smallest absolute Gasteiger partial charge is 0.0634 e. The Bertz CT molecular complexity index is 383. The lowest BCUT2D eigenvalue weighted by atomic mass is 10.1. The van der Waals surface area contributed by atoms with E-state index in [0.717, 1.165) is 24.7 Å². The molecule has 0 aromatic carbocycles. The lowest BCUT2D eigenvalue weighted by Crippen LogP contribution is -2.39. The number of hydrogen-bond donors (Lipinski definition) is 1. The highest BCUT2D eigenvalue weighted by Crippen LogP contribution is 2.19. The van der Waals surface area contributed by atoms with Gasteiger partial charge in [-0.1, -0.05) is 18.5 Å². The predicted octanol–water partition coefficient (Wildman–Crippen LogP) is 2.70. The molecule has 100 valence electrons. The molecule has 4 heteroatoms. The van der Waals surface area contributed by atoms with Crippen molar-refractivity contribution in [3.63, 3.8) is 0 Å². The van der Waals surface area contributed by atoms with Crippen molar-refractivity contribution in [2.24, 2.45) is 0 Å². The molecule has 0 saturated carbocycles. The molecule has 1 aliphatic heterocycles. The summed E-state index contributed by atoms with van der Waals surface area (Å²) >= 11 is 6.20. The first-order chi connectivity index (χ1) is 8.70. The molecule has 1 aromatic heterocycles. The largest absolute Gasteiger partial charge is 0.313 e. The molecule has 1 fully saturated rings. The van der Waals surface area contributed by atoms with Crippen molar-refractivity contribution in [1.82, 2.24) is 15.2 Å². The van der Waals surface area contributed by atoms with E-state index in [4.69, 9.17) is 11.6 Å². The number of rotatable bonds is 3. The Kier molecular flexibility index (Phi) is 4.98. The molecular weight excluding hydrogens is 246 g/mol. The van der Waals surface area contributed by atoms with Gasteiger partial charge in [0.05, 0.1) is 5.02 Å². The van der Waals surface area contributed by atoms with Crippen molar-refractivity contribution in [1.29, 1.82) is 0 Å². The topological polar surface area (TPSA) is 28.2 Å². The van der Waals surface area contributed by atoms with Gasteiger partial charge in [-0.15, -0.1) is 0 Å². The van der Waals surface area contributed by atoms with Crippen molar-refractivity contribution in [3.8, 4) is 0 Å². The van der Waals surface area contributed by atoms with Crippen LogP contribution in [0.25, 0.3) is 0 Å². The number of aromatic nitrogens is 1. The zero-order valence-corrected chi connectivity index (χ0v) is 12.0. The molecule has 3 nitrogen and oxygen atoms in total. The van der Waals surface area contributed by atoms with Crippen LogP contribution in [0.15, 0.2) is 18.5 Å². The maximum atomic E-state index is 6.20. The van der Waals surface area contributed by atoms with Gasteiger partial charge < -0.3 is 5.32 Å². The van der Waals surface area contributed by atoms with E-state index in [-0.39, 0.29) is 0 Å². The van der Waals surface area contributed by atoms with Crippen LogP contribution in [0.3, 0.4) is 0 Å². The molecule has 2 rings (SSSR count). The van der Waals surface area contributed by atoms with Gasteiger partial charge in [0.1, 0.15) is 0 Å². The minimum absolute atomic E-state index is 0.593. The Hall–Kier alpha value is -0.640. The van der Waals surface area contributed by atoms with Gasteiger partial charge in [0.25, 0.3) is 0 Å². The number of nitrogens with one attached hydrogen (secondary N) is 1. The second-order valence-electron chi connectivity index (χ2n) is 5.09. The van der Waals surface area contributed by atoms with E-state index in [1.54, 1.807) is 6.20 Å². The van der Waals surface area contributed by atoms with Crippen LogP contribution in [0.1, 0.15) is 32.3 Å². The summed E-state index contributed by atoms with van der Waals surface area (Å²) in [5.74, 6) is 0. The minimum atomic E-state index is 0.593. The second-order valence-corrected chi connectivity index (χ2v) is 5.50. The van der Waals surface area contributed by atoms with E-state index in [0.29, 0.717) is 12.1 Å². The molecular formula is C14H22ClN3. The molecule has 0 aliphatic carbocycles. The van der Waals surface area contributed by atoms with E-state index in [2.05, 4.69) is 29.0 Å². The zero-order valence-electron chi connectivity index (χ0n) is 11.2. The molecule has 2 atom stereocenters. The Morgan fingerprint density at radius 2 is 2.39 bits per heavy atom. The molecule has 0 radical (unpaired) electrons. The summed E-state index contributed by atoms with van der Waals surface area (Å²) in [5.41, 5.74) is 1.18. The lowest BCUT2D eigenvalue weighted by molar-refractivity contribution is 0.194. The second kappa shape index (κ2) is 6.50. The SMILES string of the molecule is CCC1CN(Cc2ccncc2Cl)C(C)CCN1. The summed E-state index contributed by atoms with van der Waals surface area (Å²) in [6, 6.07) is 3.21. The van der Waals surface area contributed by atoms with Crippen LogP contribution < -0.4 is 5.32 Å². The van der Waals surface area contributed by atoms with Crippen LogP contribution >= 0.6 is 11.6 Å². The van der Waals surface area contributed by atoms with Crippen molar-refractivity contribution < 1.29 is 0 Å². The molecule has 0 amide bonds. The van der Waals surface area contributed by atoms with Gasteiger partial charge in [0, 0.05) is 37.6 Å². The molecule has 18 heavy (non-hydrogen) atoms. The molecule has 1 aliphatic rings. The molecule has 1 aromatic rings. The average molecular weight is 268 g/mol. The van der Waals surface area contributed by atoms with Crippen molar-refractivity contribution in [2.45, 2.75) is 45.3 Å². The molecule has 0 bridgehead atoms. The minimum Gasteiger partial charge on any atom is -0.313 e. The highest BCUT2D eigenvalue weighted by molar-refractivity contribution is 6.31. The van der Waals surface area contributed by atoms with Crippen LogP contribution in [0.4, 0.5) is 0 Å². The number of hydrogen-bond acceptors (Lipinski definition) is 3. The van der Waals surface area contributed by atoms with E-state index >= 15 is 0 Å². The van der Waals surface area contributed by atoms with Crippen molar-refractivity contribution in [3.05, 3.63) is 29.0 Å². The molecule has 1 saturated heterocycles. The van der Waals surface area contributed by atoms with Gasteiger partial charge in [0.15, 0.2) is 0 Å². The third-order valence-electron chi connectivity index (χ3n) is 3.80. The first-order valence-electron chi connectivity index (χ1n) is 6.76. The third kappa shape index (κ3) is 3.44. The van der Waals surface area contributed by atoms with Gasteiger partial charge >= 0.3 is 0 Å². The summed E-state index contributed by atoms with van der Waals surface area (Å²) in [4.78, 5) is 6.57. The highest BCUT2D eigenvalue weighted by Gasteiger charge is 2.22. The van der Waals surface area contributed by atoms with Crippen LogP contribution in [0.5, 0.6) is 0 Å². The van der Waals surface area contributed by atoms with Crippen molar-refractivity contribution in [2.75, 3.05) is 13.1 Å². The fourth-order valence-electron chi connectivity index (χ4n) is 2.45. The van der Waals surface area contributed by atoms with Crippen LogP contribution in [-0.2, 0) is 6.54 Å². The van der Waals surface area contributed by atoms with E-state index in [1.807, 2.05) is 12.3 Å². The Balaban J connectivity index is 2.08. The maximum absolute atomic E-state index is 6.20. The van der Waals surface area contributed by atoms with E-state index < -0.39 is 0 Å². The van der Waals surface area contributed by atoms with E-state index in [9.17, 15) is 0 Å². The average Bonchev–Trinajstić information content (AvgIpc) is 2.55.